The van der Waals surface area contributed by atoms with Crippen LogP contribution in [0, 0.1) is 5.82 Å². The highest BCUT2D eigenvalue weighted by molar-refractivity contribution is 6.04. The lowest BCUT2D eigenvalue weighted by Crippen LogP contribution is -2.45. The number of anilines is 1. The van der Waals surface area contributed by atoms with Gasteiger partial charge >= 0.3 is 18.7 Å². The quantitative estimate of drug-likeness (QED) is 0.405. The molecule has 3 aromatic heterocycles. The number of hydrogen-bond acceptors (Lipinski definition) is 6. The summed E-state index contributed by atoms with van der Waals surface area (Å²) >= 11 is 0. The molecule has 2 saturated heterocycles. The van der Waals surface area contributed by atoms with Crippen LogP contribution in [0.5, 0.6) is 5.75 Å². The molecular formula is C25H24F6N4O6. The fourth-order valence-electron chi connectivity index (χ4n) is 4.94. The molecule has 0 aromatic carbocycles. The van der Waals surface area contributed by atoms with Crippen LogP contribution in [0.1, 0.15) is 56.2 Å². The molecular weight excluding hydrogens is 566 g/mol. The number of aliphatic carboxylic acids is 1. The van der Waals surface area contributed by atoms with Gasteiger partial charge in [-0.2, -0.15) is 26.3 Å². The molecule has 0 atom stereocenters. The summed E-state index contributed by atoms with van der Waals surface area (Å²) in [6, 6.07) is 2.28. The van der Waals surface area contributed by atoms with E-state index in [-0.39, 0.29) is 32.7 Å². The Balaban J connectivity index is 0.000000493. The zero-order valence-corrected chi connectivity index (χ0v) is 21.8. The number of ether oxygens (including phenoxy) is 2. The van der Waals surface area contributed by atoms with E-state index < -0.39 is 47.6 Å². The van der Waals surface area contributed by atoms with Crippen molar-refractivity contribution >= 4 is 23.2 Å². The predicted molar refractivity (Wildman–Crippen MR) is 130 cm³/mol. The van der Waals surface area contributed by atoms with Gasteiger partial charge in [0.25, 0.3) is 11.5 Å². The summed E-state index contributed by atoms with van der Waals surface area (Å²) < 4.78 is 86.5. The van der Waals surface area contributed by atoms with E-state index in [1.54, 1.807) is 20.0 Å². The lowest BCUT2D eigenvalue weighted by atomic mass is 9.62. The number of fused-ring (bicyclic) bond motifs is 2. The molecule has 3 aromatic rings. The summed E-state index contributed by atoms with van der Waals surface area (Å²) in [5, 5.41) is 9.57. The van der Waals surface area contributed by atoms with Crippen LogP contribution in [0.2, 0.25) is 0 Å². The number of pyridine rings is 2. The second-order valence-corrected chi connectivity index (χ2v) is 10.3. The Kier molecular flexibility index (Phi) is 7.58. The van der Waals surface area contributed by atoms with Crippen molar-refractivity contribution in [2.75, 3.05) is 11.9 Å². The number of imidazole rings is 1. The summed E-state index contributed by atoms with van der Waals surface area (Å²) in [5.74, 6) is -4.76. The van der Waals surface area contributed by atoms with Crippen LogP contribution in [0.4, 0.5) is 32.0 Å². The van der Waals surface area contributed by atoms with E-state index in [2.05, 4.69) is 10.3 Å². The summed E-state index contributed by atoms with van der Waals surface area (Å²) in [4.78, 5) is 38.5. The van der Waals surface area contributed by atoms with Gasteiger partial charge in [0.15, 0.2) is 11.4 Å². The largest absolute Gasteiger partial charge is 0.490 e. The first-order valence-corrected chi connectivity index (χ1v) is 12.1. The second-order valence-electron chi connectivity index (χ2n) is 10.3. The number of aromatic nitrogens is 3. The molecule has 10 nitrogen and oxygen atoms in total. The Labute approximate surface area is 227 Å². The fourth-order valence-corrected chi connectivity index (χ4v) is 4.94. The van der Waals surface area contributed by atoms with Gasteiger partial charge in [-0.1, -0.05) is 0 Å². The molecule has 2 N–H and O–H groups in total. The van der Waals surface area contributed by atoms with Crippen molar-refractivity contribution in [3.63, 3.8) is 0 Å². The maximum absolute atomic E-state index is 15.5. The molecule has 41 heavy (non-hydrogen) atoms. The van der Waals surface area contributed by atoms with Gasteiger partial charge in [-0.25, -0.2) is 9.78 Å². The number of nitrogens with zero attached hydrogens (tertiary/aromatic N) is 3. The first kappa shape index (κ1) is 29.9. The van der Waals surface area contributed by atoms with Crippen molar-refractivity contribution in [1.29, 1.82) is 0 Å². The number of amides is 1. The Morgan fingerprint density at radius 3 is 2.37 bits per heavy atom. The van der Waals surface area contributed by atoms with E-state index in [4.69, 9.17) is 19.4 Å². The van der Waals surface area contributed by atoms with Crippen molar-refractivity contribution < 1.29 is 50.5 Å². The molecule has 1 amide bonds. The molecule has 0 radical (unpaired) electrons. The number of rotatable bonds is 6. The minimum atomic E-state index is -5.08. The fraction of sp³-hybridized carbons (Fsp3) is 0.440. The number of alkyl halides is 5. The van der Waals surface area contributed by atoms with Gasteiger partial charge < -0.3 is 24.3 Å². The molecule has 3 aliphatic rings. The van der Waals surface area contributed by atoms with Crippen LogP contribution in [-0.4, -0.2) is 55.4 Å². The monoisotopic (exact) mass is 590 g/mol. The third kappa shape index (κ3) is 5.73. The average molecular weight is 590 g/mol. The number of nitrogens with one attached hydrogen (secondary N) is 1. The SMILES string of the molecule is CC(C)Oc1c(NC(=O)c2cccn(C(F)F)c2=O)cn2cc(C34COC(C)(C3)C4)nc2c1F.O=C(O)C(F)(F)F. The third-order valence-electron chi connectivity index (χ3n) is 6.58. The standard InChI is InChI=1S/C23H23F3N4O4.C2HF3O2/c1-12(2)34-17-14(27-19(31)13-5-4-6-30(20(13)32)21(25)26)7-29-8-15(28-18(29)16(17)24)23-9-22(3,10-23)33-11-23;3-2(4,5)1(6)7/h4-8,12,21H,9-11H2,1-3H3,(H,27,31);(H,6,7). The number of carboxylic acid groups (broad SMARTS) is 1. The highest BCUT2D eigenvalue weighted by Gasteiger charge is 2.61. The highest BCUT2D eigenvalue weighted by Crippen LogP contribution is 2.58. The molecule has 1 aliphatic carbocycles. The van der Waals surface area contributed by atoms with Gasteiger partial charge in [-0.15, -0.1) is 0 Å². The van der Waals surface area contributed by atoms with Crippen molar-refractivity contribution in [1.82, 2.24) is 14.0 Å². The van der Waals surface area contributed by atoms with Gasteiger partial charge in [0.1, 0.15) is 11.3 Å². The molecule has 3 fully saturated rings. The average Bonchev–Trinajstić information content (AvgIpc) is 3.52. The minimum Gasteiger partial charge on any atom is -0.486 e. The molecule has 0 spiro atoms. The number of carbonyl (C=O) groups excluding carboxylic acids is 1. The van der Waals surface area contributed by atoms with Gasteiger partial charge in [-0.3, -0.25) is 14.2 Å². The van der Waals surface area contributed by atoms with Crippen LogP contribution in [0.3, 0.4) is 0 Å². The molecule has 6 rings (SSSR count). The van der Waals surface area contributed by atoms with E-state index in [0.717, 1.165) is 31.2 Å². The predicted octanol–water partition coefficient (Wildman–Crippen LogP) is 4.52. The first-order chi connectivity index (χ1) is 19.0. The van der Waals surface area contributed by atoms with Gasteiger partial charge in [0.2, 0.25) is 5.82 Å². The van der Waals surface area contributed by atoms with Crippen LogP contribution in [-0.2, 0) is 14.9 Å². The van der Waals surface area contributed by atoms with Crippen LogP contribution < -0.4 is 15.6 Å². The van der Waals surface area contributed by atoms with Gasteiger partial charge in [0, 0.05) is 24.0 Å². The molecule has 2 bridgehead atoms. The molecule has 16 heteroatoms. The smallest absolute Gasteiger partial charge is 0.486 e. The number of carbonyl (C=O) groups is 2. The van der Waals surface area contributed by atoms with Crippen molar-refractivity contribution in [2.45, 2.75) is 63.5 Å². The molecule has 0 unspecified atom stereocenters. The van der Waals surface area contributed by atoms with Crippen molar-refractivity contribution in [2.24, 2.45) is 0 Å². The lowest BCUT2D eigenvalue weighted by Gasteiger charge is -2.41. The summed E-state index contributed by atoms with van der Waals surface area (Å²) in [5.41, 5.74) is -1.48. The Bertz CT molecular complexity index is 1560. The zero-order valence-electron chi connectivity index (χ0n) is 21.8. The highest BCUT2D eigenvalue weighted by atomic mass is 19.4. The summed E-state index contributed by atoms with van der Waals surface area (Å²) in [7, 11) is 0. The third-order valence-corrected chi connectivity index (χ3v) is 6.58. The minimum absolute atomic E-state index is 0.0262. The van der Waals surface area contributed by atoms with Crippen molar-refractivity contribution in [3.8, 4) is 5.75 Å². The molecule has 5 heterocycles. The Morgan fingerprint density at radius 1 is 1.22 bits per heavy atom. The van der Waals surface area contributed by atoms with Crippen LogP contribution in [0.25, 0.3) is 5.65 Å². The normalized spacial score (nSPS) is 21.4. The van der Waals surface area contributed by atoms with E-state index in [0.29, 0.717) is 12.3 Å². The van der Waals surface area contributed by atoms with Crippen LogP contribution in [0.15, 0.2) is 35.5 Å². The molecule has 2 aliphatic heterocycles. The van der Waals surface area contributed by atoms with E-state index in [9.17, 15) is 31.5 Å². The van der Waals surface area contributed by atoms with Crippen molar-refractivity contribution in [3.05, 3.63) is 58.2 Å². The van der Waals surface area contributed by atoms with E-state index >= 15 is 4.39 Å². The second kappa shape index (κ2) is 10.4. The van der Waals surface area contributed by atoms with Crippen LogP contribution >= 0.6 is 0 Å². The Hall–Kier alpha value is -4.08. The maximum Gasteiger partial charge on any atom is 0.490 e. The lowest BCUT2D eigenvalue weighted by molar-refractivity contribution is -0.192. The van der Waals surface area contributed by atoms with Gasteiger partial charge in [0.05, 0.1) is 24.0 Å². The summed E-state index contributed by atoms with van der Waals surface area (Å²) in [6.07, 6.45) is 0.0536. The Morgan fingerprint density at radius 2 is 1.85 bits per heavy atom. The summed E-state index contributed by atoms with van der Waals surface area (Å²) in [6.45, 7) is 2.80. The number of halogens is 6. The number of carboxylic acids is 1. The van der Waals surface area contributed by atoms with Gasteiger partial charge in [-0.05, 0) is 45.7 Å². The topological polar surface area (TPSA) is 124 Å². The maximum atomic E-state index is 15.5. The molecule has 222 valence electrons. The zero-order chi connectivity index (χ0) is 30.5. The molecule has 1 saturated carbocycles. The van der Waals surface area contributed by atoms with E-state index in [1.165, 1.54) is 10.6 Å². The first-order valence-electron chi connectivity index (χ1n) is 12.1. The van der Waals surface area contributed by atoms with E-state index in [1.807, 2.05) is 6.92 Å². The number of hydrogen-bond donors (Lipinski definition) is 2.